The molecular weight excluding hydrogens is 388 g/mol. The number of benzene rings is 2. The zero-order valence-electron chi connectivity index (χ0n) is 17.7. The summed E-state index contributed by atoms with van der Waals surface area (Å²) in [6.45, 7) is 3.13. The predicted molar refractivity (Wildman–Crippen MR) is 125 cm³/mol. The second-order valence-corrected chi connectivity index (χ2v) is 8.08. The molecule has 0 aliphatic heterocycles. The molecule has 1 atom stereocenters. The van der Waals surface area contributed by atoms with Crippen molar-refractivity contribution in [3.05, 3.63) is 84.6 Å². The van der Waals surface area contributed by atoms with Crippen LogP contribution < -0.4 is 10.1 Å². The summed E-state index contributed by atoms with van der Waals surface area (Å²) in [5, 5.41) is 13.9. The zero-order valence-corrected chi connectivity index (χ0v) is 17.7. The highest BCUT2D eigenvalue weighted by Crippen LogP contribution is 2.32. The molecule has 0 saturated carbocycles. The molecule has 2 aromatic carbocycles. The number of aromatic hydroxyl groups is 1. The number of methoxy groups -OCH3 is 1. The summed E-state index contributed by atoms with van der Waals surface area (Å²) in [5.41, 5.74) is 2.64. The molecule has 1 heterocycles. The second-order valence-electron chi connectivity index (χ2n) is 8.08. The number of phenolic OH excluding ortho intramolecular Hbond substituents is 1. The lowest BCUT2D eigenvalue weighted by atomic mass is 9.83. The van der Waals surface area contributed by atoms with Crippen molar-refractivity contribution >= 4 is 28.6 Å². The minimum Gasteiger partial charge on any atom is -0.504 e. The van der Waals surface area contributed by atoms with Crippen molar-refractivity contribution in [1.82, 2.24) is 4.57 Å². The summed E-state index contributed by atoms with van der Waals surface area (Å²) >= 11 is 0. The van der Waals surface area contributed by atoms with Gasteiger partial charge in [0, 0.05) is 29.6 Å². The van der Waals surface area contributed by atoms with E-state index in [2.05, 4.69) is 53.4 Å². The topological polar surface area (TPSA) is 63.5 Å². The largest absolute Gasteiger partial charge is 0.504 e. The maximum atomic E-state index is 12.5. The summed E-state index contributed by atoms with van der Waals surface area (Å²) in [7, 11) is 1.50. The molecule has 0 spiro atoms. The lowest BCUT2D eigenvalue weighted by molar-refractivity contribution is -0.111. The van der Waals surface area contributed by atoms with E-state index < -0.39 is 0 Å². The van der Waals surface area contributed by atoms with Gasteiger partial charge in [-0.05, 0) is 48.4 Å². The average Bonchev–Trinajstić information content (AvgIpc) is 3.16. The van der Waals surface area contributed by atoms with E-state index in [0.717, 1.165) is 29.6 Å². The van der Waals surface area contributed by atoms with Crippen LogP contribution in [0.5, 0.6) is 11.5 Å². The van der Waals surface area contributed by atoms with Crippen molar-refractivity contribution in [3.8, 4) is 11.5 Å². The first kappa shape index (κ1) is 20.5. The Kier molecular flexibility index (Phi) is 5.67. The maximum absolute atomic E-state index is 12.5. The molecule has 3 aromatic rings. The SMILES string of the molecule is COc1ccc(C=CC(=O)Nc2cccc3c2ccn3CC2(C)C=CC=CC2)cc1O. The summed E-state index contributed by atoms with van der Waals surface area (Å²) in [6.07, 6.45) is 14.8. The number of carbonyl (C=O) groups excluding carboxylic acids is 1. The van der Waals surface area contributed by atoms with Crippen LogP contribution >= 0.6 is 0 Å². The average molecular weight is 415 g/mol. The Morgan fingerprint density at radius 3 is 2.87 bits per heavy atom. The third-order valence-electron chi connectivity index (χ3n) is 5.56. The Hall–Kier alpha value is -3.73. The monoisotopic (exact) mass is 414 g/mol. The van der Waals surface area contributed by atoms with Crippen LogP contribution in [0.4, 0.5) is 5.69 Å². The molecule has 5 nitrogen and oxygen atoms in total. The molecule has 0 bridgehead atoms. The maximum Gasteiger partial charge on any atom is 0.248 e. The van der Waals surface area contributed by atoms with Crippen molar-refractivity contribution in [1.29, 1.82) is 0 Å². The summed E-state index contributed by atoms with van der Waals surface area (Å²) < 4.78 is 7.28. The molecule has 4 rings (SSSR count). The molecule has 31 heavy (non-hydrogen) atoms. The lowest BCUT2D eigenvalue weighted by Crippen LogP contribution is -2.21. The van der Waals surface area contributed by atoms with E-state index in [1.165, 1.54) is 13.2 Å². The summed E-state index contributed by atoms with van der Waals surface area (Å²) in [4.78, 5) is 12.5. The smallest absolute Gasteiger partial charge is 0.248 e. The minimum atomic E-state index is -0.233. The number of hydrogen-bond acceptors (Lipinski definition) is 3. The third-order valence-corrected chi connectivity index (χ3v) is 5.56. The molecule has 1 aromatic heterocycles. The Morgan fingerprint density at radius 1 is 1.26 bits per heavy atom. The van der Waals surface area contributed by atoms with Gasteiger partial charge in [0.2, 0.25) is 5.91 Å². The molecule has 0 radical (unpaired) electrons. The number of nitrogens with zero attached hydrogens (tertiary/aromatic N) is 1. The van der Waals surface area contributed by atoms with Crippen molar-refractivity contribution < 1.29 is 14.6 Å². The van der Waals surface area contributed by atoms with Crippen LogP contribution in [0.25, 0.3) is 17.0 Å². The van der Waals surface area contributed by atoms with E-state index >= 15 is 0 Å². The van der Waals surface area contributed by atoms with Gasteiger partial charge in [-0.3, -0.25) is 4.79 Å². The highest BCUT2D eigenvalue weighted by atomic mass is 16.5. The number of phenols is 1. The van der Waals surface area contributed by atoms with E-state index in [0.29, 0.717) is 11.3 Å². The molecule has 1 amide bonds. The van der Waals surface area contributed by atoms with Crippen molar-refractivity contribution in [2.24, 2.45) is 5.41 Å². The van der Waals surface area contributed by atoms with Crippen LogP contribution in [0.1, 0.15) is 18.9 Å². The lowest BCUT2D eigenvalue weighted by Gasteiger charge is -2.27. The molecule has 0 saturated heterocycles. The predicted octanol–water partition coefficient (Wildman–Crippen LogP) is 5.53. The summed E-state index contributed by atoms with van der Waals surface area (Å²) in [5.74, 6) is 0.197. The van der Waals surface area contributed by atoms with Gasteiger partial charge in [0.05, 0.1) is 18.3 Å². The molecule has 2 N–H and O–H groups in total. The van der Waals surface area contributed by atoms with Crippen molar-refractivity contribution in [2.75, 3.05) is 12.4 Å². The number of allylic oxidation sites excluding steroid dienone is 4. The van der Waals surface area contributed by atoms with Crippen LogP contribution in [-0.4, -0.2) is 22.7 Å². The van der Waals surface area contributed by atoms with Gasteiger partial charge in [-0.1, -0.05) is 43.4 Å². The Bertz CT molecular complexity index is 1200. The van der Waals surface area contributed by atoms with E-state index in [9.17, 15) is 9.90 Å². The third kappa shape index (κ3) is 4.56. The molecule has 1 aliphatic carbocycles. The van der Waals surface area contributed by atoms with Crippen molar-refractivity contribution in [2.45, 2.75) is 19.9 Å². The first-order valence-corrected chi connectivity index (χ1v) is 10.3. The van der Waals surface area contributed by atoms with E-state index in [1.807, 2.05) is 18.2 Å². The van der Waals surface area contributed by atoms with Gasteiger partial charge in [-0.15, -0.1) is 0 Å². The Balaban J connectivity index is 1.50. The van der Waals surface area contributed by atoms with Crippen LogP contribution in [-0.2, 0) is 11.3 Å². The van der Waals surface area contributed by atoms with Gasteiger partial charge in [0.25, 0.3) is 0 Å². The molecule has 0 fully saturated rings. The van der Waals surface area contributed by atoms with Crippen LogP contribution in [0.3, 0.4) is 0 Å². The molecule has 1 aliphatic rings. The van der Waals surface area contributed by atoms with Crippen LogP contribution in [0.15, 0.2) is 79.0 Å². The highest BCUT2D eigenvalue weighted by molar-refractivity contribution is 6.07. The number of anilines is 1. The highest BCUT2D eigenvalue weighted by Gasteiger charge is 2.22. The van der Waals surface area contributed by atoms with E-state index in [1.54, 1.807) is 24.3 Å². The Morgan fingerprint density at radius 2 is 2.13 bits per heavy atom. The number of aromatic nitrogens is 1. The normalized spacial score (nSPS) is 18.0. The number of ether oxygens (including phenoxy) is 1. The first-order valence-electron chi connectivity index (χ1n) is 10.3. The van der Waals surface area contributed by atoms with Gasteiger partial charge in [-0.25, -0.2) is 0 Å². The van der Waals surface area contributed by atoms with E-state index in [4.69, 9.17) is 4.74 Å². The zero-order chi connectivity index (χ0) is 21.8. The quantitative estimate of drug-likeness (QED) is 0.521. The molecule has 5 heteroatoms. The number of nitrogens with one attached hydrogen (secondary N) is 1. The molecular formula is C26H26N2O3. The number of rotatable bonds is 6. The standard InChI is InChI=1S/C26H26N2O3/c1-26(14-4-3-5-15-26)18-28-16-13-20-21(7-6-8-22(20)28)27-25(30)12-10-19-9-11-24(31-2)23(29)17-19/h3-14,16-17,29H,15,18H2,1-2H3,(H,27,30). The Labute approximate surface area is 182 Å². The number of hydrogen-bond donors (Lipinski definition) is 2. The minimum absolute atomic E-state index is 0.0353. The van der Waals surface area contributed by atoms with Gasteiger partial charge < -0.3 is 19.7 Å². The van der Waals surface area contributed by atoms with Gasteiger partial charge in [0.1, 0.15) is 0 Å². The van der Waals surface area contributed by atoms with Gasteiger partial charge >= 0.3 is 0 Å². The number of fused-ring (bicyclic) bond motifs is 1. The number of amides is 1. The summed E-state index contributed by atoms with van der Waals surface area (Å²) in [6, 6.07) is 13.0. The number of carbonyl (C=O) groups is 1. The van der Waals surface area contributed by atoms with Gasteiger partial charge in [-0.2, -0.15) is 0 Å². The van der Waals surface area contributed by atoms with Gasteiger partial charge in [0.15, 0.2) is 11.5 Å². The van der Waals surface area contributed by atoms with Crippen LogP contribution in [0.2, 0.25) is 0 Å². The first-order chi connectivity index (χ1) is 15.0. The second kappa shape index (κ2) is 8.56. The fourth-order valence-electron chi connectivity index (χ4n) is 3.91. The van der Waals surface area contributed by atoms with Crippen LogP contribution in [0, 0.1) is 5.41 Å². The molecule has 1 unspecified atom stereocenters. The van der Waals surface area contributed by atoms with E-state index in [-0.39, 0.29) is 17.1 Å². The molecule has 158 valence electrons. The fourth-order valence-corrected chi connectivity index (χ4v) is 3.91. The fraction of sp³-hybridized carbons (Fsp3) is 0.192. The van der Waals surface area contributed by atoms with Crippen molar-refractivity contribution in [3.63, 3.8) is 0 Å².